The molecule has 134 valence electrons. The molecule has 4 rings (SSSR count). The number of hydrogen-bond acceptors (Lipinski definition) is 4. The molecule has 1 saturated heterocycles. The van der Waals surface area contributed by atoms with Crippen LogP contribution in [0.4, 0.5) is 4.39 Å². The number of aryl methyl sites for hydroxylation is 1. The third-order valence-electron chi connectivity index (χ3n) is 4.38. The van der Waals surface area contributed by atoms with Gasteiger partial charge >= 0.3 is 0 Å². The van der Waals surface area contributed by atoms with Crippen LogP contribution in [0, 0.1) is 12.7 Å². The van der Waals surface area contributed by atoms with Gasteiger partial charge in [-0.05, 0) is 31.2 Å². The number of hydrogen-bond donors (Lipinski definition) is 2. The van der Waals surface area contributed by atoms with E-state index in [1.807, 2.05) is 0 Å². The molecule has 2 N–H and O–H groups in total. The van der Waals surface area contributed by atoms with E-state index in [0.29, 0.717) is 42.4 Å². The van der Waals surface area contributed by atoms with Gasteiger partial charge < -0.3 is 19.6 Å². The van der Waals surface area contributed by atoms with Crippen molar-refractivity contribution in [2.45, 2.75) is 13.0 Å². The summed E-state index contributed by atoms with van der Waals surface area (Å²) in [6.45, 7) is 2.76. The number of fused-ring (bicyclic) bond motifs is 1. The second kappa shape index (κ2) is 6.38. The predicted molar refractivity (Wildman–Crippen MR) is 92.4 cm³/mol. The quantitative estimate of drug-likeness (QED) is 0.734. The van der Waals surface area contributed by atoms with Gasteiger partial charge in [-0.2, -0.15) is 0 Å². The van der Waals surface area contributed by atoms with E-state index >= 15 is 0 Å². The predicted octanol–water partition coefficient (Wildman–Crippen LogP) is 1.91. The van der Waals surface area contributed by atoms with Gasteiger partial charge in [0, 0.05) is 23.5 Å². The highest BCUT2D eigenvalue weighted by Crippen LogP contribution is 2.23. The van der Waals surface area contributed by atoms with Gasteiger partial charge in [-0.25, -0.2) is 9.37 Å². The Morgan fingerprint density at radius 1 is 1.31 bits per heavy atom. The lowest BCUT2D eigenvalue weighted by Crippen LogP contribution is -2.42. The Balaban J connectivity index is 1.58. The van der Waals surface area contributed by atoms with E-state index in [4.69, 9.17) is 4.74 Å². The van der Waals surface area contributed by atoms with Gasteiger partial charge in [0.2, 0.25) is 0 Å². The van der Waals surface area contributed by atoms with Crippen molar-refractivity contribution in [2.24, 2.45) is 0 Å². The number of aromatic nitrogens is 3. The molecule has 3 heterocycles. The van der Waals surface area contributed by atoms with Crippen LogP contribution >= 0.6 is 0 Å². The Kier molecular flexibility index (Phi) is 4.04. The number of ether oxygens (including phenoxy) is 1. The number of H-pyrrole nitrogens is 2. The molecule has 1 aliphatic rings. The summed E-state index contributed by atoms with van der Waals surface area (Å²) in [5.41, 5.74) is 1.21. The standard InChI is InChI=1S/C18H17FN4O3/c1-10-20-14(8-17(24)21-10)16-9-23(4-5-26-16)18(25)15-6-11-2-3-12(19)7-13(11)22-15/h2-3,6-8,16,22H,4-5,9H2,1H3,(H,20,21,24). The minimum Gasteiger partial charge on any atom is -0.368 e. The van der Waals surface area contributed by atoms with E-state index in [2.05, 4.69) is 15.0 Å². The van der Waals surface area contributed by atoms with Crippen LogP contribution in [-0.2, 0) is 4.74 Å². The minimum atomic E-state index is -0.462. The van der Waals surface area contributed by atoms with Gasteiger partial charge in [0.05, 0.1) is 18.8 Å². The number of benzene rings is 1. The van der Waals surface area contributed by atoms with Crippen molar-refractivity contribution in [1.82, 2.24) is 19.9 Å². The van der Waals surface area contributed by atoms with E-state index in [9.17, 15) is 14.0 Å². The number of carbonyl (C=O) groups excluding carboxylic acids is 1. The van der Waals surface area contributed by atoms with Crippen molar-refractivity contribution in [2.75, 3.05) is 19.7 Å². The third-order valence-corrected chi connectivity index (χ3v) is 4.38. The zero-order chi connectivity index (χ0) is 18.3. The Morgan fingerprint density at radius 3 is 2.96 bits per heavy atom. The van der Waals surface area contributed by atoms with Gasteiger partial charge in [-0.1, -0.05) is 0 Å². The summed E-state index contributed by atoms with van der Waals surface area (Å²) in [5, 5.41) is 0.770. The van der Waals surface area contributed by atoms with Crippen LogP contribution in [0.1, 0.15) is 28.1 Å². The number of aromatic amines is 2. The van der Waals surface area contributed by atoms with Crippen molar-refractivity contribution >= 4 is 16.8 Å². The summed E-state index contributed by atoms with van der Waals surface area (Å²) in [5.74, 6) is -0.0609. The highest BCUT2D eigenvalue weighted by atomic mass is 19.1. The first-order valence-electron chi connectivity index (χ1n) is 8.26. The Labute approximate surface area is 147 Å². The van der Waals surface area contributed by atoms with E-state index in [0.717, 1.165) is 5.39 Å². The molecule has 1 unspecified atom stereocenters. The summed E-state index contributed by atoms with van der Waals surface area (Å²) in [6, 6.07) is 7.44. The number of morpholine rings is 1. The summed E-state index contributed by atoms with van der Waals surface area (Å²) < 4.78 is 19.0. The van der Waals surface area contributed by atoms with Gasteiger partial charge in [-0.3, -0.25) is 9.59 Å². The molecule has 1 aliphatic heterocycles. The maximum Gasteiger partial charge on any atom is 0.270 e. The molecule has 0 radical (unpaired) electrons. The van der Waals surface area contributed by atoms with Crippen molar-refractivity contribution < 1.29 is 13.9 Å². The average Bonchev–Trinajstić information content (AvgIpc) is 3.03. The number of carbonyl (C=O) groups is 1. The van der Waals surface area contributed by atoms with Gasteiger partial charge in [0.25, 0.3) is 11.5 Å². The van der Waals surface area contributed by atoms with Crippen LogP contribution < -0.4 is 5.56 Å². The van der Waals surface area contributed by atoms with E-state index in [-0.39, 0.29) is 17.3 Å². The van der Waals surface area contributed by atoms with Crippen LogP contribution in [0.3, 0.4) is 0 Å². The molecule has 1 aromatic carbocycles. The lowest BCUT2D eigenvalue weighted by atomic mass is 10.2. The highest BCUT2D eigenvalue weighted by Gasteiger charge is 2.28. The third kappa shape index (κ3) is 3.11. The SMILES string of the molecule is Cc1nc(C2CN(C(=O)c3cc4ccc(F)cc4[nH]3)CCO2)cc(=O)[nH]1. The maximum atomic E-state index is 13.3. The Bertz CT molecular complexity index is 1040. The van der Waals surface area contributed by atoms with Crippen molar-refractivity contribution in [3.05, 3.63) is 63.7 Å². The van der Waals surface area contributed by atoms with Crippen molar-refractivity contribution in [3.8, 4) is 0 Å². The van der Waals surface area contributed by atoms with Gasteiger partial charge in [0.15, 0.2) is 0 Å². The molecule has 1 fully saturated rings. The van der Waals surface area contributed by atoms with Crippen LogP contribution in [-0.4, -0.2) is 45.5 Å². The molecular formula is C18H17FN4O3. The zero-order valence-corrected chi connectivity index (χ0v) is 14.1. The lowest BCUT2D eigenvalue weighted by molar-refractivity contribution is -0.0250. The smallest absolute Gasteiger partial charge is 0.270 e. The first-order valence-corrected chi connectivity index (χ1v) is 8.26. The molecule has 26 heavy (non-hydrogen) atoms. The minimum absolute atomic E-state index is 0.198. The molecule has 2 aromatic heterocycles. The van der Waals surface area contributed by atoms with Crippen LogP contribution in [0.2, 0.25) is 0 Å². The molecule has 1 amide bonds. The average molecular weight is 356 g/mol. The fraction of sp³-hybridized carbons (Fsp3) is 0.278. The molecule has 0 bridgehead atoms. The van der Waals surface area contributed by atoms with Gasteiger partial charge in [-0.15, -0.1) is 0 Å². The van der Waals surface area contributed by atoms with Crippen LogP contribution in [0.25, 0.3) is 10.9 Å². The van der Waals surface area contributed by atoms with Crippen LogP contribution in [0.15, 0.2) is 35.1 Å². The van der Waals surface area contributed by atoms with Crippen molar-refractivity contribution in [3.63, 3.8) is 0 Å². The Hall–Kier alpha value is -3.00. The monoisotopic (exact) mass is 356 g/mol. The normalized spacial score (nSPS) is 17.6. The molecule has 1 atom stereocenters. The number of nitrogens with zero attached hydrogens (tertiary/aromatic N) is 2. The largest absolute Gasteiger partial charge is 0.368 e. The molecule has 0 aliphatic carbocycles. The number of rotatable bonds is 2. The summed E-state index contributed by atoms with van der Waals surface area (Å²) in [4.78, 5) is 36.0. The van der Waals surface area contributed by atoms with E-state index in [1.165, 1.54) is 18.2 Å². The highest BCUT2D eigenvalue weighted by molar-refractivity contribution is 5.98. The Morgan fingerprint density at radius 2 is 2.15 bits per heavy atom. The van der Waals surface area contributed by atoms with Crippen LogP contribution in [0.5, 0.6) is 0 Å². The number of halogens is 1. The number of nitrogens with one attached hydrogen (secondary N) is 2. The lowest BCUT2D eigenvalue weighted by Gasteiger charge is -2.32. The second-order valence-electron chi connectivity index (χ2n) is 6.28. The fourth-order valence-electron chi connectivity index (χ4n) is 3.17. The summed E-state index contributed by atoms with van der Waals surface area (Å²) in [6.07, 6.45) is -0.462. The topological polar surface area (TPSA) is 91.1 Å². The van der Waals surface area contributed by atoms with Crippen molar-refractivity contribution in [1.29, 1.82) is 0 Å². The maximum absolute atomic E-state index is 13.3. The fourth-order valence-corrected chi connectivity index (χ4v) is 3.17. The molecule has 8 heteroatoms. The molecule has 0 spiro atoms. The molecule has 3 aromatic rings. The van der Waals surface area contributed by atoms with E-state index < -0.39 is 6.10 Å². The van der Waals surface area contributed by atoms with Gasteiger partial charge in [0.1, 0.15) is 23.4 Å². The zero-order valence-electron chi connectivity index (χ0n) is 14.1. The summed E-state index contributed by atoms with van der Waals surface area (Å²) >= 11 is 0. The number of amides is 1. The molecular weight excluding hydrogens is 339 g/mol. The van der Waals surface area contributed by atoms with E-state index in [1.54, 1.807) is 24.0 Å². The summed E-state index contributed by atoms with van der Waals surface area (Å²) in [7, 11) is 0. The molecule has 0 saturated carbocycles. The second-order valence-corrected chi connectivity index (χ2v) is 6.28. The first-order chi connectivity index (χ1) is 12.5. The first kappa shape index (κ1) is 16.5. The molecule has 7 nitrogen and oxygen atoms in total.